The number of amides is 2. The van der Waals surface area contributed by atoms with Crippen LogP contribution in [0.3, 0.4) is 0 Å². The van der Waals surface area contributed by atoms with Crippen LogP contribution in [-0.4, -0.2) is 44.6 Å². The van der Waals surface area contributed by atoms with Gasteiger partial charge in [-0.3, -0.25) is 9.59 Å². The number of halogens is 1. The summed E-state index contributed by atoms with van der Waals surface area (Å²) in [4.78, 5) is 24.1. The summed E-state index contributed by atoms with van der Waals surface area (Å²) in [6.07, 6.45) is 2.03. The van der Waals surface area contributed by atoms with E-state index in [0.29, 0.717) is 34.8 Å². The first-order chi connectivity index (χ1) is 17.5. The van der Waals surface area contributed by atoms with Crippen molar-refractivity contribution in [3.63, 3.8) is 0 Å². The van der Waals surface area contributed by atoms with Crippen LogP contribution in [0, 0.1) is 11.8 Å². The predicted octanol–water partition coefficient (Wildman–Crippen LogP) is 2.61. The molecule has 1 heterocycles. The summed E-state index contributed by atoms with van der Waals surface area (Å²) in [5.41, 5.74) is 8.70. The van der Waals surface area contributed by atoms with Crippen LogP contribution >= 0.6 is 11.6 Å². The molecule has 0 aliphatic rings. The number of nitrogens with two attached hydrogens (primary N) is 1. The molecule has 0 aliphatic carbocycles. The fourth-order valence-electron chi connectivity index (χ4n) is 3.49. The molecule has 3 aromatic carbocycles. The van der Waals surface area contributed by atoms with Crippen molar-refractivity contribution in [3.05, 3.63) is 101 Å². The molecule has 0 bridgehead atoms. The molecule has 0 aliphatic heterocycles. The molecule has 1 aromatic heterocycles. The van der Waals surface area contributed by atoms with Gasteiger partial charge in [-0.2, -0.15) is 4.68 Å². The standard InChI is InChI=1S/C26H22ClN7O2/c27-21-9-12-24(34-17-30-32-33-34)20(15-21)8-13-25(35)31-23(14-18-4-2-1-3-5-18)16-29-22-10-6-19(7-11-22)26(28)36/h1-7,9-12,15,17,23,29H,14,16H2,(H2,28,36)(H,31,35)/t23-/m0/s1. The molecule has 4 rings (SSSR count). The molecular formula is C26H22ClN7O2. The normalized spacial score (nSPS) is 11.1. The second kappa shape index (κ2) is 11.6. The number of carbonyl (C=O) groups excluding carboxylic acids is 2. The van der Waals surface area contributed by atoms with Gasteiger partial charge in [-0.25, -0.2) is 0 Å². The van der Waals surface area contributed by atoms with Gasteiger partial charge in [0.2, 0.25) is 5.91 Å². The van der Waals surface area contributed by atoms with E-state index < -0.39 is 11.8 Å². The number of hydrogen-bond donors (Lipinski definition) is 3. The molecule has 4 aromatic rings. The number of tetrazole rings is 1. The Labute approximate surface area is 212 Å². The number of anilines is 1. The van der Waals surface area contributed by atoms with Crippen LogP contribution in [0.4, 0.5) is 5.69 Å². The SMILES string of the molecule is NC(=O)c1ccc(NC[C@H](Cc2ccccc2)NC(=O)C#Cc2cc(Cl)ccc2-n2cnnn2)cc1. The molecule has 0 spiro atoms. The van der Waals surface area contributed by atoms with Crippen LogP contribution in [0.2, 0.25) is 5.02 Å². The smallest absolute Gasteiger partial charge is 0.296 e. The Morgan fingerprint density at radius 3 is 2.53 bits per heavy atom. The van der Waals surface area contributed by atoms with E-state index in [4.69, 9.17) is 17.3 Å². The topological polar surface area (TPSA) is 128 Å². The van der Waals surface area contributed by atoms with Gasteiger partial charge in [-0.15, -0.1) is 5.10 Å². The summed E-state index contributed by atoms with van der Waals surface area (Å²) in [7, 11) is 0. The van der Waals surface area contributed by atoms with Gasteiger partial charge in [0, 0.05) is 28.7 Å². The number of carbonyl (C=O) groups is 2. The second-order valence-corrected chi connectivity index (χ2v) is 8.28. The molecule has 0 saturated carbocycles. The van der Waals surface area contributed by atoms with Crippen LogP contribution in [-0.2, 0) is 11.2 Å². The molecule has 1 atom stereocenters. The minimum Gasteiger partial charge on any atom is -0.383 e. The number of rotatable bonds is 8. The maximum atomic E-state index is 12.8. The predicted molar refractivity (Wildman–Crippen MR) is 137 cm³/mol. The monoisotopic (exact) mass is 499 g/mol. The van der Waals surface area contributed by atoms with Crippen molar-refractivity contribution in [1.29, 1.82) is 0 Å². The lowest BCUT2D eigenvalue weighted by atomic mass is 10.1. The van der Waals surface area contributed by atoms with Crippen molar-refractivity contribution in [2.24, 2.45) is 5.73 Å². The Morgan fingerprint density at radius 1 is 1.06 bits per heavy atom. The average molecular weight is 500 g/mol. The molecule has 0 saturated heterocycles. The van der Waals surface area contributed by atoms with Crippen LogP contribution in [0.1, 0.15) is 21.5 Å². The highest BCUT2D eigenvalue weighted by Crippen LogP contribution is 2.18. The zero-order chi connectivity index (χ0) is 25.3. The van der Waals surface area contributed by atoms with E-state index >= 15 is 0 Å². The lowest BCUT2D eigenvalue weighted by Gasteiger charge is -2.19. The molecular weight excluding hydrogens is 478 g/mol. The highest BCUT2D eigenvalue weighted by Gasteiger charge is 2.13. The summed E-state index contributed by atoms with van der Waals surface area (Å²) >= 11 is 6.13. The number of benzene rings is 3. The van der Waals surface area contributed by atoms with Crippen molar-refractivity contribution >= 4 is 29.1 Å². The third kappa shape index (κ3) is 6.68. The Kier molecular flexibility index (Phi) is 7.90. The number of aromatic nitrogens is 4. The molecule has 36 heavy (non-hydrogen) atoms. The fourth-order valence-corrected chi connectivity index (χ4v) is 3.66. The van der Waals surface area contributed by atoms with Gasteiger partial charge in [-0.05, 0) is 64.9 Å². The zero-order valence-corrected chi connectivity index (χ0v) is 19.8. The van der Waals surface area contributed by atoms with Gasteiger partial charge in [0.25, 0.3) is 5.91 Å². The first kappa shape index (κ1) is 24.4. The van der Waals surface area contributed by atoms with E-state index in [0.717, 1.165) is 11.3 Å². The van der Waals surface area contributed by atoms with Gasteiger partial charge in [0.15, 0.2) is 0 Å². The van der Waals surface area contributed by atoms with E-state index in [1.54, 1.807) is 42.5 Å². The first-order valence-electron chi connectivity index (χ1n) is 11.0. The maximum Gasteiger partial charge on any atom is 0.296 e. The summed E-state index contributed by atoms with van der Waals surface area (Å²) in [5.74, 6) is 4.59. The summed E-state index contributed by atoms with van der Waals surface area (Å²) in [6.45, 7) is 0.436. The zero-order valence-electron chi connectivity index (χ0n) is 19.1. The van der Waals surface area contributed by atoms with Gasteiger partial charge in [0.1, 0.15) is 6.33 Å². The Hall–Kier alpha value is -4.68. The lowest BCUT2D eigenvalue weighted by molar-refractivity contribution is -0.116. The Balaban J connectivity index is 1.48. The third-order valence-electron chi connectivity index (χ3n) is 5.25. The minimum atomic E-state index is -0.489. The summed E-state index contributed by atoms with van der Waals surface area (Å²) in [6, 6.07) is 21.5. The fraction of sp³-hybridized carbons (Fsp3) is 0.115. The van der Waals surface area contributed by atoms with Gasteiger partial charge in [-0.1, -0.05) is 47.9 Å². The van der Waals surface area contributed by atoms with E-state index in [9.17, 15) is 9.59 Å². The molecule has 10 heteroatoms. The summed E-state index contributed by atoms with van der Waals surface area (Å²) in [5, 5.41) is 17.9. The molecule has 0 unspecified atom stereocenters. The Bertz CT molecular complexity index is 1400. The highest BCUT2D eigenvalue weighted by atomic mass is 35.5. The molecule has 180 valence electrons. The third-order valence-corrected chi connectivity index (χ3v) is 5.48. The summed E-state index contributed by atoms with van der Waals surface area (Å²) < 4.78 is 1.45. The van der Waals surface area contributed by atoms with Crippen LogP contribution in [0.15, 0.2) is 79.1 Å². The van der Waals surface area contributed by atoms with Crippen molar-refractivity contribution in [3.8, 4) is 17.5 Å². The minimum absolute atomic E-state index is 0.261. The van der Waals surface area contributed by atoms with E-state index in [-0.39, 0.29) is 6.04 Å². The van der Waals surface area contributed by atoms with Gasteiger partial charge in [0.05, 0.1) is 17.3 Å². The van der Waals surface area contributed by atoms with Crippen LogP contribution < -0.4 is 16.4 Å². The van der Waals surface area contributed by atoms with E-state index in [1.807, 2.05) is 30.3 Å². The molecule has 2 amide bonds. The lowest BCUT2D eigenvalue weighted by Crippen LogP contribution is -2.40. The molecule has 4 N–H and O–H groups in total. The van der Waals surface area contributed by atoms with Gasteiger partial charge >= 0.3 is 0 Å². The highest BCUT2D eigenvalue weighted by molar-refractivity contribution is 6.30. The van der Waals surface area contributed by atoms with Crippen molar-refractivity contribution < 1.29 is 9.59 Å². The van der Waals surface area contributed by atoms with Crippen LogP contribution in [0.25, 0.3) is 5.69 Å². The van der Waals surface area contributed by atoms with Gasteiger partial charge < -0.3 is 16.4 Å². The number of nitrogens with zero attached hydrogens (tertiary/aromatic N) is 4. The second-order valence-electron chi connectivity index (χ2n) is 7.85. The molecule has 9 nitrogen and oxygen atoms in total. The Morgan fingerprint density at radius 2 is 1.83 bits per heavy atom. The van der Waals surface area contributed by atoms with E-state index in [2.05, 4.69) is 38.0 Å². The van der Waals surface area contributed by atoms with E-state index in [1.165, 1.54) is 11.0 Å². The molecule has 0 radical (unpaired) electrons. The molecule has 0 fully saturated rings. The quantitative estimate of drug-likeness (QED) is 0.320. The van der Waals surface area contributed by atoms with Crippen molar-refractivity contribution in [2.45, 2.75) is 12.5 Å². The van der Waals surface area contributed by atoms with Crippen LogP contribution in [0.5, 0.6) is 0 Å². The first-order valence-corrected chi connectivity index (χ1v) is 11.4. The van der Waals surface area contributed by atoms with Crippen molar-refractivity contribution in [2.75, 3.05) is 11.9 Å². The number of hydrogen-bond acceptors (Lipinski definition) is 6. The van der Waals surface area contributed by atoms with Crippen molar-refractivity contribution in [1.82, 2.24) is 25.5 Å². The maximum absolute atomic E-state index is 12.8. The largest absolute Gasteiger partial charge is 0.383 e. The average Bonchev–Trinajstić information content (AvgIpc) is 3.42. The number of primary amides is 1. The number of nitrogens with one attached hydrogen (secondary N) is 2.